The van der Waals surface area contributed by atoms with Crippen molar-refractivity contribution < 1.29 is 9.53 Å². The lowest BCUT2D eigenvalue weighted by Gasteiger charge is -2.49. The number of hydrogen-bond donors (Lipinski definition) is 0. The maximum Gasteiger partial charge on any atom is 0.174 e. The molecule has 3 heteroatoms. The standard InChI is InChI=1S/C27H33NO2/c1-21(28(3)4)20-27(23-14-8-6-9-15-23,26(2)17-10-7-11-18-26)25(29)22-13-12-16-24(19-22)30-5/h6-17,19,21H,18,20H2,1-5H3/t21-,26?,27?/m0/s1. The van der Waals surface area contributed by atoms with E-state index >= 15 is 0 Å². The summed E-state index contributed by atoms with van der Waals surface area (Å²) in [5, 5.41) is 0. The van der Waals surface area contributed by atoms with Gasteiger partial charge in [0.25, 0.3) is 0 Å². The van der Waals surface area contributed by atoms with Crippen LogP contribution in [-0.2, 0) is 5.41 Å². The average Bonchev–Trinajstić information content (AvgIpc) is 2.77. The summed E-state index contributed by atoms with van der Waals surface area (Å²) in [6.07, 6.45) is 10.1. The van der Waals surface area contributed by atoms with Crippen LogP contribution in [0.3, 0.4) is 0 Å². The largest absolute Gasteiger partial charge is 0.497 e. The minimum absolute atomic E-state index is 0.142. The molecule has 0 N–H and O–H groups in total. The zero-order valence-corrected chi connectivity index (χ0v) is 18.8. The van der Waals surface area contributed by atoms with E-state index < -0.39 is 5.41 Å². The van der Waals surface area contributed by atoms with E-state index in [9.17, 15) is 4.79 Å². The Bertz CT molecular complexity index is 931. The van der Waals surface area contributed by atoms with E-state index in [0.717, 1.165) is 18.4 Å². The third-order valence-electron chi connectivity index (χ3n) is 6.70. The summed E-state index contributed by atoms with van der Waals surface area (Å²) in [6, 6.07) is 18.1. The zero-order chi connectivity index (χ0) is 21.8. The molecule has 0 radical (unpaired) electrons. The molecule has 0 aromatic heterocycles. The van der Waals surface area contributed by atoms with E-state index in [2.05, 4.69) is 69.3 Å². The Morgan fingerprint density at radius 3 is 2.47 bits per heavy atom. The van der Waals surface area contributed by atoms with Gasteiger partial charge in [-0.15, -0.1) is 0 Å². The summed E-state index contributed by atoms with van der Waals surface area (Å²) in [7, 11) is 5.79. The van der Waals surface area contributed by atoms with Crippen LogP contribution in [0.1, 0.15) is 42.6 Å². The molecule has 158 valence electrons. The fourth-order valence-electron chi connectivity index (χ4n) is 4.57. The highest BCUT2D eigenvalue weighted by molar-refractivity contribution is 6.05. The number of ketones is 1. The van der Waals surface area contributed by atoms with Crippen LogP contribution in [0.25, 0.3) is 0 Å². The predicted octanol–water partition coefficient (Wildman–Crippen LogP) is 5.68. The topological polar surface area (TPSA) is 29.5 Å². The molecule has 0 aliphatic heterocycles. The van der Waals surface area contributed by atoms with Gasteiger partial charge in [0.15, 0.2) is 5.78 Å². The van der Waals surface area contributed by atoms with E-state index in [4.69, 9.17) is 4.74 Å². The summed E-state index contributed by atoms with van der Waals surface area (Å²) in [6.45, 7) is 4.42. The van der Waals surface area contributed by atoms with Crippen LogP contribution in [-0.4, -0.2) is 37.9 Å². The Kier molecular flexibility index (Phi) is 6.62. The maximum absolute atomic E-state index is 14.5. The van der Waals surface area contributed by atoms with Crippen molar-refractivity contribution in [3.63, 3.8) is 0 Å². The van der Waals surface area contributed by atoms with Gasteiger partial charge in [0.05, 0.1) is 12.5 Å². The number of allylic oxidation sites excluding steroid dienone is 4. The maximum atomic E-state index is 14.5. The summed E-state index contributed by atoms with van der Waals surface area (Å²) in [4.78, 5) is 16.7. The van der Waals surface area contributed by atoms with Gasteiger partial charge in [-0.3, -0.25) is 4.79 Å². The second kappa shape index (κ2) is 9.01. The van der Waals surface area contributed by atoms with Gasteiger partial charge >= 0.3 is 0 Å². The number of nitrogens with zero attached hydrogens (tertiary/aromatic N) is 1. The van der Waals surface area contributed by atoms with Crippen molar-refractivity contribution in [2.75, 3.05) is 21.2 Å². The minimum atomic E-state index is -0.717. The molecule has 3 rings (SSSR count). The Morgan fingerprint density at radius 1 is 1.13 bits per heavy atom. The van der Waals surface area contributed by atoms with Gasteiger partial charge in [0.2, 0.25) is 0 Å². The Hall–Kier alpha value is -2.65. The molecule has 1 aliphatic rings. The van der Waals surface area contributed by atoms with E-state index in [1.165, 1.54) is 0 Å². The first-order valence-corrected chi connectivity index (χ1v) is 10.6. The highest BCUT2D eigenvalue weighted by Crippen LogP contribution is 2.52. The Morgan fingerprint density at radius 2 is 1.87 bits per heavy atom. The molecule has 30 heavy (non-hydrogen) atoms. The molecule has 0 saturated heterocycles. The van der Waals surface area contributed by atoms with Gasteiger partial charge in [-0.25, -0.2) is 0 Å². The number of hydrogen-bond acceptors (Lipinski definition) is 3. The second-order valence-electron chi connectivity index (χ2n) is 8.76. The molecule has 3 nitrogen and oxygen atoms in total. The molecule has 3 atom stereocenters. The van der Waals surface area contributed by atoms with Gasteiger partial charge in [-0.2, -0.15) is 0 Å². The lowest BCUT2D eigenvalue weighted by molar-refractivity contribution is 0.0671. The second-order valence-corrected chi connectivity index (χ2v) is 8.76. The molecule has 0 fully saturated rings. The van der Waals surface area contributed by atoms with Crippen molar-refractivity contribution >= 4 is 5.78 Å². The van der Waals surface area contributed by atoms with Crippen molar-refractivity contribution in [3.05, 3.63) is 90.0 Å². The number of ether oxygens (including phenoxy) is 1. The summed E-state index contributed by atoms with van der Waals surface area (Å²) in [5.41, 5.74) is 0.682. The normalized spacial score (nSPS) is 21.3. The minimum Gasteiger partial charge on any atom is -0.497 e. The Balaban J connectivity index is 2.28. The third kappa shape index (κ3) is 3.99. The molecule has 0 saturated carbocycles. The monoisotopic (exact) mass is 403 g/mol. The van der Waals surface area contributed by atoms with Crippen molar-refractivity contribution in [3.8, 4) is 5.75 Å². The Labute approximate surface area is 181 Å². The predicted molar refractivity (Wildman–Crippen MR) is 124 cm³/mol. The van der Waals surface area contributed by atoms with Crippen LogP contribution in [0.15, 0.2) is 78.9 Å². The summed E-state index contributed by atoms with van der Waals surface area (Å²) < 4.78 is 5.43. The van der Waals surface area contributed by atoms with E-state index in [1.807, 2.05) is 42.5 Å². The highest BCUT2D eigenvalue weighted by Gasteiger charge is 2.53. The smallest absolute Gasteiger partial charge is 0.174 e. The van der Waals surface area contributed by atoms with E-state index in [0.29, 0.717) is 11.3 Å². The molecule has 0 amide bonds. The fourth-order valence-corrected chi connectivity index (χ4v) is 4.57. The molecule has 2 unspecified atom stereocenters. The molecule has 2 aromatic carbocycles. The van der Waals surface area contributed by atoms with Gasteiger partial charge in [-0.1, -0.05) is 73.7 Å². The van der Waals surface area contributed by atoms with Gasteiger partial charge in [0, 0.05) is 17.0 Å². The van der Waals surface area contributed by atoms with Crippen molar-refractivity contribution in [2.45, 2.75) is 38.1 Å². The molecular formula is C27H33NO2. The first-order valence-electron chi connectivity index (χ1n) is 10.6. The highest BCUT2D eigenvalue weighted by atomic mass is 16.5. The third-order valence-corrected chi connectivity index (χ3v) is 6.70. The quantitative estimate of drug-likeness (QED) is 0.531. The number of Topliss-reactive ketones (excluding diaryl/α,β-unsaturated/α-hetero) is 1. The fraction of sp³-hybridized carbons (Fsp3) is 0.370. The number of carbonyl (C=O) groups excluding carboxylic acids is 1. The van der Waals surface area contributed by atoms with Crippen LogP contribution in [0.4, 0.5) is 0 Å². The van der Waals surface area contributed by atoms with Gasteiger partial charge in [-0.05, 0) is 51.6 Å². The molecule has 2 aromatic rings. The van der Waals surface area contributed by atoms with Crippen molar-refractivity contribution in [1.29, 1.82) is 0 Å². The lowest BCUT2D eigenvalue weighted by atomic mass is 9.53. The number of carbonyl (C=O) groups is 1. The van der Waals surface area contributed by atoms with Crippen LogP contribution < -0.4 is 4.74 Å². The van der Waals surface area contributed by atoms with Gasteiger partial charge in [0.1, 0.15) is 5.75 Å². The zero-order valence-electron chi connectivity index (χ0n) is 18.8. The summed E-state index contributed by atoms with van der Waals surface area (Å²) in [5.74, 6) is 0.844. The van der Waals surface area contributed by atoms with Crippen LogP contribution in [0, 0.1) is 5.41 Å². The van der Waals surface area contributed by atoms with Crippen LogP contribution in [0.2, 0.25) is 0 Å². The average molecular weight is 404 g/mol. The number of methoxy groups -OCH3 is 1. The van der Waals surface area contributed by atoms with E-state index in [1.54, 1.807) is 7.11 Å². The molecule has 0 heterocycles. The number of benzene rings is 2. The summed E-state index contributed by atoms with van der Waals surface area (Å²) >= 11 is 0. The lowest BCUT2D eigenvalue weighted by Crippen LogP contribution is -2.52. The van der Waals surface area contributed by atoms with Crippen molar-refractivity contribution in [2.24, 2.45) is 5.41 Å². The molecular weight excluding hydrogens is 370 g/mol. The first-order chi connectivity index (χ1) is 14.3. The van der Waals surface area contributed by atoms with E-state index in [-0.39, 0.29) is 17.2 Å². The van der Waals surface area contributed by atoms with Gasteiger partial charge < -0.3 is 9.64 Å². The van der Waals surface area contributed by atoms with Crippen LogP contribution >= 0.6 is 0 Å². The molecule has 0 bridgehead atoms. The van der Waals surface area contributed by atoms with Crippen molar-refractivity contribution in [1.82, 2.24) is 4.90 Å². The SMILES string of the molecule is COc1cccc(C(=O)C(C[C@H](C)N(C)C)(c2ccccc2)C2(C)C=CC=CC2)c1. The molecule has 1 aliphatic carbocycles. The number of rotatable bonds is 8. The first kappa shape index (κ1) is 22.0. The molecule has 0 spiro atoms. The van der Waals surface area contributed by atoms with Crippen LogP contribution in [0.5, 0.6) is 5.75 Å².